The van der Waals surface area contributed by atoms with E-state index >= 15 is 0 Å². The molecule has 0 saturated carbocycles. The summed E-state index contributed by atoms with van der Waals surface area (Å²) in [6.07, 6.45) is 0. The molecule has 0 bridgehead atoms. The van der Waals surface area contributed by atoms with Gasteiger partial charge in [0, 0.05) is 25.0 Å². The summed E-state index contributed by atoms with van der Waals surface area (Å²) in [6, 6.07) is 20.1. The van der Waals surface area contributed by atoms with Gasteiger partial charge in [-0.25, -0.2) is 0 Å². The van der Waals surface area contributed by atoms with E-state index in [0.717, 1.165) is 10.4 Å². The second kappa shape index (κ2) is 9.42. The Morgan fingerprint density at radius 2 is 1.08 bits per heavy atom. The molecule has 2 aromatic carbocycles. The summed E-state index contributed by atoms with van der Waals surface area (Å²) in [6.45, 7) is 9.61. The van der Waals surface area contributed by atoms with Crippen LogP contribution in [0, 0.1) is 0 Å². The lowest BCUT2D eigenvalue weighted by Gasteiger charge is -2.37. The first-order valence-electron chi connectivity index (χ1n) is 8.83. The van der Waals surface area contributed by atoms with Crippen molar-refractivity contribution in [2.45, 2.75) is 27.3 Å². The minimum Gasteiger partial charge on any atom is -0.392 e. The number of rotatable bonds is 10. The van der Waals surface area contributed by atoms with Crippen LogP contribution in [-0.2, 0) is 17.4 Å². The first kappa shape index (κ1) is 20.0. The topological polar surface area (TPSA) is 36.9 Å². The van der Waals surface area contributed by atoms with Gasteiger partial charge in [-0.1, -0.05) is 60.7 Å². The Labute approximate surface area is 153 Å². The summed E-state index contributed by atoms with van der Waals surface area (Å²) in [5, 5.41) is 2.04. The highest BCUT2D eigenvalue weighted by Crippen LogP contribution is 2.19. The molecule has 25 heavy (non-hydrogen) atoms. The Morgan fingerprint density at radius 3 is 1.52 bits per heavy atom. The Morgan fingerprint density at radius 1 is 0.640 bits per heavy atom. The van der Waals surface area contributed by atoms with Crippen LogP contribution in [0.5, 0.6) is 0 Å². The monoisotopic (exact) mass is 376 g/mol. The summed E-state index contributed by atoms with van der Waals surface area (Å²) in [7, 11) is -5.80. The Bertz CT molecular complexity index is 618. The van der Waals surface area contributed by atoms with Crippen LogP contribution >= 0.6 is 0 Å². The van der Waals surface area contributed by atoms with E-state index in [9.17, 15) is 0 Å². The lowest BCUT2D eigenvalue weighted by molar-refractivity contribution is 0.113. The molecule has 0 saturated heterocycles. The molecule has 0 N–H and O–H groups in total. The van der Waals surface area contributed by atoms with Gasteiger partial charge in [0.25, 0.3) is 0 Å². The normalized spacial score (nSPS) is 14.2. The van der Waals surface area contributed by atoms with Crippen molar-refractivity contribution in [3.05, 3.63) is 60.7 Å². The average Bonchev–Trinajstić information content (AvgIpc) is 2.64. The molecule has 1 atom stereocenters. The molecule has 2 aromatic rings. The molecule has 0 aliphatic heterocycles. The molecule has 0 aromatic heterocycles. The van der Waals surface area contributed by atoms with Gasteiger partial charge in [-0.15, -0.1) is 0 Å². The molecule has 0 fully saturated rings. The van der Waals surface area contributed by atoms with Gasteiger partial charge in [-0.2, -0.15) is 0 Å². The molecule has 0 radical (unpaired) electrons. The van der Waals surface area contributed by atoms with Crippen molar-refractivity contribution < 1.29 is 17.4 Å². The molecule has 0 aliphatic rings. The lowest BCUT2D eigenvalue weighted by Crippen LogP contribution is -2.66. The predicted octanol–water partition coefficient (Wildman–Crippen LogP) is 2.94. The van der Waals surface area contributed by atoms with E-state index in [-0.39, 0.29) is 0 Å². The largest absolute Gasteiger partial charge is 0.528 e. The van der Waals surface area contributed by atoms with E-state index in [1.807, 2.05) is 69.3 Å². The molecular formula is C19H28O4Si2. The third-order valence-corrected chi connectivity index (χ3v) is 11.1. The lowest BCUT2D eigenvalue weighted by atomic mass is 10.4. The van der Waals surface area contributed by atoms with Crippen molar-refractivity contribution >= 4 is 27.7 Å². The van der Waals surface area contributed by atoms with Crippen LogP contribution in [0.3, 0.4) is 0 Å². The maximum absolute atomic E-state index is 6.73. The van der Waals surface area contributed by atoms with Crippen LogP contribution < -0.4 is 10.4 Å². The number of benzene rings is 2. The van der Waals surface area contributed by atoms with Gasteiger partial charge in [0.05, 0.1) is 0 Å². The zero-order chi connectivity index (χ0) is 18.2. The molecule has 1 unspecified atom stereocenters. The first-order valence-corrected chi connectivity index (χ1v) is 12.9. The van der Waals surface area contributed by atoms with Crippen molar-refractivity contribution in [2.75, 3.05) is 19.8 Å². The highest BCUT2D eigenvalue weighted by atomic mass is 28.5. The smallest absolute Gasteiger partial charge is 0.392 e. The molecule has 0 heterocycles. The molecule has 2 rings (SSSR count). The highest BCUT2D eigenvalue weighted by molar-refractivity contribution is 6.90. The SMILES string of the molecule is CCO[Si](C)(O[Si](OCC)(OCC)c1ccccc1)c1ccccc1. The van der Waals surface area contributed by atoms with Gasteiger partial charge in [0.15, 0.2) is 0 Å². The van der Waals surface area contributed by atoms with E-state index in [4.69, 9.17) is 17.4 Å². The summed E-state index contributed by atoms with van der Waals surface area (Å²) in [4.78, 5) is 0. The Balaban J connectivity index is 2.48. The highest BCUT2D eigenvalue weighted by Gasteiger charge is 2.51. The zero-order valence-corrected chi connectivity index (χ0v) is 17.5. The first-order chi connectivity index (χ1) is 12.1. The molecule has 0 aliphatic carbocycles. The zero-order valence-electron chi connectivity index (χ0n) is 15.5. The van der Waals surface area contributed by atoms with Gasteiger partial charge >= 0.3 is 17.4 Å². The van der Waals surface area contributed by atoms with E-state index in [2.05, 4.69) is 18.7 Å². The van der Waals surface area contributed by atoms with Crippen molar-refractivity contribution in [1.82, 2.24) is 0 Å². The van der Waals surface area contributed by atoms with E-state index in [0.29, 0.717) is 19.8 Å². The van der Waals surface area contributed by atoms with Gasteiger partial charge in [-0.3, -0.25) is 0 Å². The average molecular weight is 377 g/mol. The maximum atomic E-state index is 6.73. The number of hydrogen-bond donors (Lipinski definition) is 0. The fourth-order valence-electron chi connectivity index (χ4n) is 2.79. The minimum atomic E-state index is -3.09. The van der Waals surface area contributed by atoms with Crippen molar-refractivity contribution in [3.8, 4) is 0 Å². The van der Waals surface area contributed by atoms with E-state index < -0.39 is 17.4 Å². The van der Waals surface area contributed by atoms with Crippen LogP contribution in [0.4, 0.5) is 0 Å². The Kier molecular flexibility index (Phi) is 7.55. The van der Waals surface area contributed by atoms with Crippen molar-refractivity contribution in [3.63, 3.8) is 0 Å². The summed E-state index contributed by atoms with van der Waals surface area (Å²) < 4.78 is 25.2. The Hall–Kier alpha value is -1.29. The molecule has 136 valence electrons. The number of hydrogen-bond acceptors (Lipinski definition) is 4. The summed E-state index contributed by atoms with van der Waals surface area (Å²) >= 11 is 0. The fraction of sp³-hybridized carbons (Fsp3) is 0.368. The van der Waals surface area contributed by atoms with Gasteiger partial charge < -0.3 is 17.4 Å². The van der Waals surface area contributed by atoms with Crippen LogP contribution in [0.15, 0.2) is 60.7 Å². The second-order valence-corrected chi connectivity index (χ2v) is 11.5. The van der Waals surface area contributed by atoms with Gasteiger partial charge in [-0.05, 0) is 32.5 Å². The van der Waals surface area contributed by atoms with Crippen LogP contribution in [0.1, 0.15) is 20.8 Å². The van der Waals surface area contributed by atoms with E-state index in [1.54, 1.807) is 0 Å². The predicted molar refractivity (Wildman–Crippen MR) is 105 cm³/mol. The van der Waals surface area contributed by atoms with Crippen molar-refractivity contribution in [1.29, 1.82) is 0 Å². The summed E-state index contributed by atoms with van der Waals surface area (Å²) in [5.74, 6) is 0. The third kappa shape index (κ3) is 4.87. The standard InChI is InChI=1S/C19H28O4Si2/c1-5-20-24(4,18-14-10-8-11-15-18)23-25(21-6-2,22-7-3)19-16-12-9-13-17-19/h8-17H,5-7H2,1-4H3. The van der Waals surface area contributed by atoms with Crippen LogP contribution in [-0.4, -0.2) is 37.2 Å². The van der Waals surface area contributed by atoms with Crippen LogP contribution in [0.2, 0.25) is 6.55 Å². The quantitative estimate of drug-likeness (QED) is 0.598. The summed E-state index contributed by atoms with van der Waals surface area (Å²) in [5.41, 5.74) is 0. The van der Waals surface area contributed by atoms with Gasteiger partial charge in [0.1, 0.15) is 0 Å². The maximum Gasteiger partial charge on any atom is 0.528 e. The molecule has 0 spiro atoms. The second-order valence-electron chi connectivity index (χ2n) is 5.64. The van der Waals surface area contributed by atoms with Crippen molar-refractivity contribution in [2.24, 2.45) is 0 Å². The molecular weight excluding hydrogens is 348 g/mol. The molecule has 0 amide bonds. The third-order valence-electron chi connectivity index (χ3n) is 3.84. The fourth-order valence-corrected chi connectivity index (χ4v) is 9.79. The molecule has 6 heteroatoms. The minimum absolute atomic E-state index is 0.520. The van der Waals surface area contributed by atoms with Gasteiger partial charge in [0.2, 0.25) is 0 Å². The van der Waals surface area contributed by atoms with E-state index in [1.165, 1.54) is 0 Å². The van der Waals surface area contributed by atoms with Crippen LogP contribution in [0.25, 0.3) is 0 Å². The molecule has 4 nitrogen and oxygen atoms in total.